The second kappa shape index (κ2) is 44.5. The van der Waals surface area contributed by atoms with Crippen LogP contribution in [0.1, 0.15) is 286 Å². The van der Waals surface area contributed by atoms with Gasteiger partial charge in [0.2, 0.25) is 0 Å². The normalized spacial score (nSPS) is 13.1. The molecule has 0 bridgehead atoms. The van der Waals surface area contributed by atoms with E-state index in [0.717, 1.165) is 75.5 Å². The van der Waals surface area contributed by atoms with E-state index < -0.39 is 6.10 Å². The third kappa shape index (κ3) is 44.3. The molecule has 0 radical (unpaired) electrons. The Morgan fingerprint density at radius 2 is 0.593 bits per heavy atom. The van der Waals surface area contributed by atoms with Gasteiger partial charge >= 0.3 is 17.9 Å². The summed E-state index contributed by atoms with van der Waals surface area (Å²) >= 11 is 0. The van der Waals surface area contributed by atoms with Crippen molar-refractivity contribution >= 4 is 17.9 Å². The summed E-state index contributed by atoms with van der Waals surface area (Å²) in [4.78, 5) is 37.9. The van der Waals surface area contributed by atoms with Crippen molar-refractivity contribution in [2.75, 3.05) is 13.2 Å². The number of esters is 3. The van der Waals surface area contributed by atoms with Gasteiger partial charge in [-0.3, -0.25) is 14.4 Å². The third-order valence-electron chi connectivity index (χ3n) is 12.6. The second-order valence-corrected chi connectivity index (χ2v) is 19.1. The van der Waals surface area contributed by atoms with E-state index in [0.29, 0.717) is 19.3 Å². The summed E-state index contributed by atoms with van der Waals surface area (Å²) in [5, 5.41) is 0. The molecular weight excluding hydrogens is 733 g/mol. The Bertz CT molecular complexity index is 918. The molecule has 0 fully saturated rings. The van der Waals surface area contributed by atoms with Crippen LogP contribution in [-0.2, 0) is 28.6 Å². The van der Waals surface area contributed by atoms with Gasteiger partial charge in [0.15, 0.2) is 6.10 Å². The number of rotatable bonds is 46. The summed E-state index contributed by atoms with van der Waals surface area (Å²) in [5.41, 5.74) is 0. The van der Waals surface area contributed by atoms with Gasteiger partial charge in [0, 0.05) is 19.3 Å². The van der Waals surface area contributed by atoms with Crippen molar-refractivity contribution in [1.82, 2.24) is 0 Å². The van der Waals surface area contributed by atoms with Crippen LogP contribution in [0.2, 0.25) is 0 Å². The zero-order chi connectivity index (χ0) is 43.4. The van der Waals surface area contributed by atoms with E-state index >= 15 is 0 Å². The van der Waals surface area contributed by atoms with E-state index in [4.69, 9.17) is 14.2 Å². The first-order valence-corrected chi connectivity index (χ1v) is 26.2. The molecule has 6 nitrogen and oxygen atoms in total. The molecule has 6 heteroatoms. The summed E-state index contributed by atoms with van der Waals surface area (Å²) in [5.74, 6) is 1.65. The Balaban J connectivity index is 4.25. The second-order valence-electron chi connectivity index (χ2n) is 19.1. The molecule has 0 aliphatic rings. The van der Waals surface area contributed by atoms with Crippen LogP contribution in [0.15, 0.2) is 0 Å². The molecule has 0 aliphatic carbocycles. The number of hydrogen-bond acceptors (Lipinski definition) is 6. The number of unbranched alkanes of at least 4 members (excludes halogenated alkanes) is 27. The van der Waals surface area contributed by atoms with E-state index in [-0.39, 0.29) is 31.1 Å². The van der Waals surface area contributed by atoms with Crippen molar-refractivity contribution in [2.45, 2.75) is 292 Å². The van der Waals surface area contributed by atoms with Gasteiger partial charge in [0.1, 0.15) is 13.2 Å². The van der Waals surface area contributed by atoms with Crippen LogP contribution < -0.4 is 0 Å². The smallest absolute Gasteiger partial charge is 0.306 e. The van der Waals surface area contributed by atoms with Crippen LogP contribution in [0.4, 0.5) is 0 Å². The van der Waals surface area contributed by atoms with E-state index in [2.05, 4.69) is 41.5 Å². The molecule has 0 spiro atoms. The van der Waals surface area contributed by atoms with Gasteiger partial charge in [0.05, 0.1) is 0 Å². The molecule has 3 atom stereocenters. The summed E-state index contributed by atoms with van der Waals surface area (Å²) in [6.45, 7) is 13.7. The van der Waals surface area contributed by atoms with Crippen LogP contribution >= 0.6 is 0 Å². The highest BCUT2D eigenvalue weighted by atomic mass is 16.6. The summed E-state index contributed by atoms with van der Waals surface area (Å²) in [6, 6.07) is 0. The molecule has 0 aliphatic heterocycles. The first-order valence-electron chi connectivity index (χ1n) is 26.2. The maximum atomic E-state index is 12.8. The molecule has 0 aromatic rings. The highest BCUT2D eigenvalue weighted by Gasteiger charge is 2.19. The average molecular weight is 835 g/mol. The molecule has 2 unspecified atom stereocenters. The molecular formula is C53H102O6. The zero-order valence-corrected chi connectivity index (χ0v) is 40.5. The molecule has 0 amide bonds. The van der Waals surface area contributed by atoms with E-state index in [9.17, 15) is 14.4 Å². The summed E-state index contributed by atoms with van der Waals surface area (Å²) < 4.78 is 16.8. The van der Waals surface area contributed by atoms with Crippen LogP contribution in [0.25, 0.3) is 0 Å². The molecule has 0 saturated carbocycles. The van der Waals surface area contributed by atoms with Crippen molar-refractivity contribution in [3.05, 3.63) is 0 Å². The highest BCUT2D eigenvalue weighted by molar-refractivity contribution is 5.71. The Morgan fingerprint density at radius 1 is 0.339 bits per heavy atom. The maximum Gasteiger partial charge on any atom is 0.306 e. The highest BCUT2D eigenvalue weighted by Crippen LogP contribution is 2.18. The van der Waals surface area contributed by atoms with Crippen LogP contribution in [0.5, 0.6) is 0 Å². The molecule has 350 valence electrons. The minimum Gasteiger partial charge on any atom is -0.462 e. The Kier molecular flexibility index (Phi) is 43.3. The molecule has 59 heavy (non-hydrogen) atoms. The number of hydrogen-bond donors (Lipinski definition) is 0. The lowest BCUT2D eigenvalue weighted by Crippen LogP contribution is -2.30. The lowest BCUT2D eigenvalue weighted by Gasteiger charge is -2.18. The monoisotopic (exact) mass is 835 g/mol. The zero-order valence-electron chi connectivity index (χ0n) is 40.5. The molecule has 0 rings (SSSR count). The summed E-state index contributed by atoms with van der Waals surface area (Å²) in [6.07, 6.45) is 43.8. The predicted molar refractivity (Wildman–Crippen MR) is 252 cm³/mol. The molecule has 0 aromatic carbocycles. The maximum absolute atomic E-state index is 12.8. The van der Waals surface area contributed by atoms with Crippen LogP contribution in [-0.4, -0.2) is 37.2 Å². The quantitative estimate of drug-likeness (QED) is 0.0345. The van der Waals surface area contributed by atoms with Gasteiger partial charge in [-0.1, -0.05) is 247 Å². The minimum atomic E-state index is -0.763. The fourth-order valence-electron chi connectivity index (χ4n) is 7.87. The van der Waals surface area contributed by atoms with Crippen molar-refractivity contribution in [1.29, 1.82) is 0 Å². The SMILES string of the molecule is CCC(C)CCCCCCCCCCC(=O)O[C@H](COC(=O)CCCCCCCCCCCCCCCCCCC(C)C)COC(=O)CCCCCCCCC(C)CC. The lowest BCUT2D eigenvalue weighted by atomic mass is 9.99. The first kappa shape index (κ1) is 57.4. The topological polar surface area (TPSA) is 78.9 Å². The van der Waals surface area contributed by atoms with Crippen molar-refractivity contribution < 1.29 is 28.6 Å². The largest absolute Gasteiger partial charge is 0.462 e. The number of carbonyl (C=O) groups excluding carboxylic acids is 3. The van der Waals surface area contributed by atoms with Gasteiger partial charge in [-0.2, -0.15) is 0 Å². The molecule has 0 heterocycles. The first-order chi connectivity index (χ1) is 28.7. The lowest BCUT2D eigenvalue weighted by molar-refractivity contribution is -0.167. The predicted octanol–water partition coefficient (Wildman–Crippen LogP) is 16.8. The standard InChI is InChI=1S/C53H102O6/c1-7-48(5)40-34-28-22-19-20-24-32-38-44-53(56)59-50(46-58-52(55)43-37-31-26-25-29-35-41-49(6)8-2)45-57-51(54)42-36-30-23-18-16-14-12-10-9-11-13-15-17-21-27-33-39-47(3)4/h47-50H,7-46H2,1-6H3/t48?,49?,50-/m1/s1. The van der Waals surface area contributed by atoms with Crippen LogP contribution in [0.3, 0.4) is 0 Å². The number of carbonyl (C=O) groups is 3. The molecule has 0 aromatic heterocycles. The average Bonchev–Trinajstić information content (AvgIpc) is 3.22. The van der Waals surface area contributed by atoms with Crippen molar-refractivity contribution in [3.63, 3.8) is 0 Å². The van der Waals surface area contributed by atoms with Crippen molar-refractivity contribution in [2.24, 2.45) is 17.8 Å². The van der Waals surface area contributed by atoms with Gasteiger partial charge in [-0.25, -0.2) is 0 Å². The van der Waals surface area contributed by atoms with Crippen LogP contribution in [0, 0.1) is 17.8 Å². The Morgan fingerprint density at radius 3 is 0.881 bits per heavy atom. The van der Waals surface area contributed by atoms with Gasteiger partial charge in [-0.05, 0) is 37.0 Å². The third-order valence-corrected chi connectivity index (χ3v) is 12.6. The Hall–Kier alpha value is -1.59. The Labute approximate surface area is 368 Å². The van der Waals surface area contributed by atoms with E-state index in [1.165, 1.54) is 167 Å². The fourth-order valence-corrected chi connectivity index (χ4v) is 7.87. The molecule has 0 saturated heterocycles. The van der Waals surface area contributed by atoms with E-state index in [1.54, 1.807) is 0 Å². The van der Waals surface area contributed by atoms with E-state index in [1.807, 2.05) is 0 Å². The van der Waals surface area contributed by atoms with Gasteiger partial charge < -0.3 is 14.2 Å². The molecule has 0 N–H and O–H groups in total. The van der Waals surface area contributed by atoms with Gasteiger partial charge in [0.25, 0.3) is 0 Å². The fraction of sp³-hybridized carbons (Fsp3) is 0.943. The minimum absolute atomic E-state index is 0.0655. The van der Waals surface area contributed by atoms with Crippen molar-refractivity contribution in [3.8, 4) is 0 Å². The van der Waals surface area contributed by atoms with Gasteiger partial charge in [-0.15, -0.1) is 0 Å². The number of ether oxygens (including phenoxy) is 3. The summed E-state index contributed by atoms with van der Waals surface area (Å²) in [7, 11) is 0.